The fourth-order valence-electron chi connectivity index (χ4n) is 3.56. The molecule has 0 atom stereocenters. The Kier molecular flexibility index (Phi) is 5.95. The van der Waals surface area contributed by atoms with Gasteiger partial charge in [0.25, 0.3) is 5.91 Å². The highest BCUT2D eigenvalue weighted by atomic mass is 79.9. The van der Waals surface area contributed by atoms with Gasteiger partial charge < -0.3 is 14.8 Å². The maximum atomic E-state index is 12.3. The lowest BCUT2D eigenvalue weighted by Crippen LogP contribution is -2.30. The summed E-state index contributed by atoms with van der Waals surface area (Å²) in [6.45, 7) is 2.44. The molecule has 1 heterocycles. The molecule has 1 aliphatic heterocycles. The number of nitrogens with zero attached hydrogens (tertiary/aromatic N) is 1. The Hall–Kier alpha value is -3.32. The molecule has 0 bridgehead atoms. The molecular formula is C24H21BrN2O4. The number of halogens is 1. The predicted molar refractivity (Wildman–Crippen MR) is 123 cm³/mol. The first-order chi connectivity index (χ1) is 15.0. The highest BCUT2D eigenvalue weighted by Gasteiger charge is 2.32. The molecule has 1 fully saturated rings. The zero-order valence-corrected chi connectivity index (χ0v) is 18.7. The molecule has 4 rings (SSSR count). The number of rotatable bonds is 6. The van der Waals surface area contributed by atoms with Gasteiger partial charge in [0.05, 0.1) is 11.6 Å². The maximum absolute atomic E-state index is 12.3. The summed E-state index contributed by atoms with van der Waals surface area (Å²) in [7, 11) is 1.56. The van der Waals surface area contributed by atoms with Crippen molar-refractivity contribution in [1.82, 2.24) is 10.2 Å². The average molecular weight is 481 g/mol. The Morgan fingerprint density at radius 3 is 2.61 bits per heavy atom. The zero-order chi connectivity index (χ0) is 22.0. The molecule has 158 valence electrons. The lowest BCUT2D eigenvalue weighted by molar-refractivity contribution is -0.122. The number of benzene rings is 3. The van der Waals surface area contributed by atoms with Crippen LogP contribution in [0.4, 0.5) is 4.79 Å². The Balaban J connectivity index is 1.61. The topological polar surface area (TPSA) is 67.9 Å². The molecule has 0 aliphatic carbocycles. The van der Waals surface area contributed by atoms with E-state index in [0.717, 1.165) is 21.2 Å². The van der Waals surface area contributed by atoms with Crippen LogP contribution in [0.25, 0.3) is 16.8 Å². The minimum absolute atomic E-state index is 0.227. The van der Waals surface area contributed by atoms with Crippen molar-refractivity contribution in [2.45, 2.75) is 13.5 Å². The SMILES string of the molecule is CCN1C(=O)N/C(=C\c2cc(Br)c(OCc3cccc4ccccc34)c(OC)c2)C1=O. The number of nitrogens with one attached hydrogen (secondary N) is 1. The van der Waals surface area contributed by atoms with E-state index in [1.807, 2.05) is 30.3 Å². The van der Waals surface area contributed by atoms with Crippen LogP contribution in [0, 0.1) is 0 Å². The molecule has 3 aromatic carbocycles. The van der Waals surface area contributed by atoms with Gasteiger partial charge in [-0.05, 0) is 63.0 Å². The number of carbonyl (C=O) groups excluding carboxylic acids is 2. The maximum Gasteiger partial charge on any atom is 0.328 e. The van der Waals surface area contributed by atoms with Crippen molar-refractivity contribution in [2.24, 2.45) is 0 Å². The van der Waals surface area contributed by atoms with E-state index in [1.54, 1.807) is 26.2 Å². The number of likely N-dealkylation sites (N-methyl/N-ethyl adjacent to an activating group) is 1. The van der Waals surface area contributed by atoms with Gasteiger partial charge >= 0.3 is 6.03 Å². The van der Waals surface area contributed by atoms with E-state index in [-0.39, 0.29) is 11.6 Å². The summed E-state index contributed by atoms with van der Waals surface area (Å²) in [5.41, 5.74) is 1.99. The largest absolute Gasteiger partial charge is 0.493 e. The highest BCUT2D eigenvalue weighted by molar-refractivity contribution is 9.10. The van der Waals surface area contributed by atoms with Crippen LogP contribution in [0.1, 0.15) is 18.1 Å². The normalized spacial score (nSPS) is 14.9. The summed E-state index contributed by atoms with van der Waals surface area (Å²) >= 11 is 3.55. The first-order valence-electron chi connectivity index (χ1n) is 9.83. The van der Waals surface area contributed by atoms with Crippen LogP contribution in [-0.2, 0) is 11.4 Å². The number of amides is 3. The Bertz CT molecular complexity index is 1200. The second kappa shape index (κ2) is 8.81. The summed E-state index contributed by atoms with van der Waals surface area (Å²) in [4.78, 5) is 25.4. The van der Waals surface area contributed by atoms with Gasteiger partial charge in [0, 0.05) is 6.54 Å². The van der Waals surface area contributed by atoms with Gasteiger partial charge in [-0.3, -0.25) is 9.69 Å². The molecule has 1 saturated heterocycles. The molecule has 0 unspecified atom stereocenters. The van der Waals surface area contributed by atoms with Crippen LogP contribution >= 0.6 is 15.9 Å². The van der Waals surface area contributed by atoms with Gasteiger partial charge in [0.1, 0.15) is 12.3 Å². The van der Waals surface area contributed by atoms with Crippen molar-refractivity contribution >= 4 is 44.7 Å². The van der Waals surface area contributed by atoms with Gasteiger partial charge in [-0.1, -0.05) is 42.5 Å². The molecule has 3 amide bonds. The minimum Gasteiger partial charge on any atom is -0.493 e. The number of methoxy groups -OCH3 is 1. The average Bonchev–Trinajstić information content (AvgIpc) is 3.04. The smallest absolute Gasteiger partial charge is 0.328 e. The first kappa shape index (κ1) is 20.9. The van der Waals surface area contributed by atoms with Crippen molar-refractivity contribution in [3.05, 3.63) is 75.9 Å². The van der Waals surface area contributed by atoms with E-state index in [4.69, 9.17) is 9.47 Å². The molecule has 1 N–H and O–H groups in total. The molecule has 31 heavy (non-hydrogen) atoms. The number of imide groups is 1. The van der Waals surface area contributed by atoms with Crippen LogP contribution in [0.2, 0.25) is 0 Å². The van der Waals surface area contributed by atoms with E-state index >= 15 is 0 Å². The molecule has 7 heteroatoms. The van der Waals surface area contributed by atoms with Crippen molar-refractivity contribution in [3.8, 4) is 11.5 Å². The third-order valence-corrected chi connectivity index (χ3v) is 5.68. The summed E-state index contributed by atoms with van der Waals surface area (Å²) in [5, 5.41) is 4.89. The lowest BCUT2D eigenvalue weighted by atomic mass is 10.1. The Morgan fingerprint density at radius 1 is 1.10 bits per heavy atom. The van der Waals surface area contributed by atoms with Gasteiger partial charge in [-0.2, -0.15) is 0 Å². The van der Waals surface area contributed by atoms with Gasteiger partial charge in [0.2, 0.25) is 0 Å². The van der Waals surface area contributed by atoms with E-state index < -0.39 is 6.03 Å². The Labute approximate surface area is 188 Å². The monoisotopic (exact) mass is 480 g/mol. The van der Waals surface area contributed by atoms with Gasteiger partial charge in [0.15, 0.2) is 11.5 Å². The lowest BCUT2D eigenvalue weighted by Gasteiger charge is -2.15. The van der Waals surface area contributed by atoms with E-state index in [1.165, 1.54) is 0 Å². The summed E-state index contributed by atoms with van der Waals surface area (Å²) < 4.78 is 12.3. The van der Waals surface area contributed by atoms with Gasteiger partial charge in [-0.15, -0.1) is 0 Å². The second-order valence-corrected chi connectivity index (χ2v) is 7.85. The number of urea groups is 1. The quantitative estimate of drug-likeness (QED) is 0.393. The molecule has 0 aromatic heterocycles. The van der Waals surface area contributed by atoms with Crippen molar-refractivity contribution in [3.63, 3.8) is 0 Å². The van der Waals surface area contributed by atoms with Crippen molar-refractivity contribution < 1.29 is 19.1 Å². The third-order valence-electron chi connectivity index (χ3n) is 5.09. The number of hydrogen-bond acceptors (Lipinski definition) is 4. The van der Waals surface area contributed by atoms with Crippen LogP contribution in [0.3, 0.4) is 0 Å². The number of fused-ring (bicyclic) bond motifs is 1. The predicted octanol–water partition coefficient (Wildman–Crippen LogP) is 5.10. The number of ether oxygens (including phenoxy) is 2. The zero-order valence-electron chi connectivity index (χ0n) is 17.1. The van der Waals surface area contributed by atoms with E-state index in [0.29, 0.717) is 34.7 Å². The van der Waals surface area contributed by atoms with Crippen LogP contribution in [-0.4, -0.2) is 30.5 Å². The highest BCUT2D eigenvalue weighted by Crippen LogP contribution is 2.38. The molecular weight excluding hydrogens is 460 g/mol. The van der Waals surface area contributed by atoms with Crippen LogP contribution in [0.15, 0.2) is 64.8 Å². The fraction of sp³-hybridized carbons (Fsp3) is 0.167. The summed E-state index contributed by atoms with van der Waals surface area (Å²) in [6, 6.07) is 17.4. The van der Waals surface area contributed by atoms with Crippen LogP contribution < -0.4 is 14.8 Å². The molecule has 0 spiro atoms. The molecule has 6 nitrogen and oxygen atoms in total. The Morgan fingerprint density at radius 2 is 1.87 bits per heavy atom. The van der Waals surface area contributed by atoms with Crippen molar-refractivity contribution in [1.29, 1.82) is 0 Å². The molecule has 0 radical (unpaired) electrons. The number of hydrogen-bond donors (Lipinski definition) is 1. The fourth-order valence-corrected chi connectivity index (χ4v) is 4.13. The summed E-state index contributed by atoms with van der Waals surface area (Å²) in [6.07, 6.45) is 1.62. The second-order valence-electron chi connectivity index (χ2n) is 7.00. The molecule has 3 aromatic rings. The van der Waals surface area contributed by atoms with E-state index in [2.05, 4.69) is 39.4 Å². The first-order valence-corrected chi connectivity index (χ1v) is 10.6. The third kappa shape index (κ3) is 4.14. The molecule has 1 aliphatic rings. The summed E-state index contributed by atoms with van der Waals surface area (Å²) in [5.74, 6) is 0.735. The standard InChI is InChI=1S/C24H21BrN2O4/c1-3-27-23(28)20(26-24(27)29)12-15-11-19(25)22(21(13-15)30-2)31-14-17-9-6-8-16-7-4-5-10-18(16)17/h4-13H,3,14H2,1-2H3,(H,26,29)/b20-12-. The number of carbonyl (C=O) groups is 2. The van der Waals surface area contributed by atoms with E-state index in [9.17, 15) is 9.59 Å². The molecule has 0 saturated carbocycles. The van der Waals surface area contributed by atoms with Crippen LogP contribution in [0.5, 0.6) is 11.5 Å². The minimum atomic E-state index is -0.417. The van der Waals surface area contributed by atoms with Gasteiger partial charge in [-0.25, -0.2) is 4.79 Å². The van der Waals surface area contributed by atoms with Crippen molar-refractivity contribution in [2.75, 3.05) is 13.7 Å².